The van der Waals surface area contributed by atoms with Crippen LogP contribution in [0, 0.1) is 5.92 Å². The minimum atomic E-state index is -0.0459. The smallest absolute Gasteiger partial charge is 0.251 e. The third-order valence-electron chi connectivity index (χ3n) is 2.23. The Morgan fingerprint density at radius 3 is 2.56 bits per heavy atom. The molecule has 1 unspecified atom stereocenters. The molecule has 16 heavy (non-hydrogen) atoms. The molecular weight excluding hydrogens is 270 g/mol. The van der Waals surface area contributed by atoms with Crippen LogP contribution >= 0.6 is 15.9 Å². The fourth-order valence-corrected chi connectivity index (χ4v) is 1.39. The van der Waals surface area contributed by atoms with Crippen LogP contribution in [-0.2, 0) is 0 Å². The molecule has 1 aromatic carbocycles. The van der Waals surface area contributed by atoms with Gasteiger partial charge in [-0.3, -0.25) is 4.79 Å². The van der Waals surface area contributed by atoms with E-state index in [9.17, 15) is 4.79 Å². The van der Waals surface area contributed by atoms with Gasteiger partial charge < -0.3 is 10.1 Å². The summed E-state index contributed by atoms with van der Waals surface area (Å²) in [5.74, 6) is 1.14. The first-order valence-corrected chi connectivity index (χ1v) is 6.27. The maximum atomic E-state index is 11.7. The molecule has 1 rings (SSSR count). The lowest BCUT2D eigenvalue weighted by atomic mass is 10.2. The van der Waals surface area contributed by atoms with E-state index in [0.717, 1.165) is 11.1 Å². The summed E-state index contributed by atoms with van der Waals surface area (Å²) in [5, 5.41) is 3.76. The molecule has 0 radical (unpaired) electrons. The fraction of sp³-hybridized carbons (Fsp3) is 0.417. The zero-order valence-electron chi connectivity index (χ0n) is 9.50. The van der Waals surface area contributed by atoms with E-state index in [4.69, 9.17) is 4.74 Å². The van der Waals surface area contributed by atoms with Gasteiger partial charge in [-0.05, 0) is 30.2 Å². The number of halogens is 1. The summed E-state index contributed by atoms with van der Waals surface area (Å²) in [6.07, 6.45) is 0. The summed E-state index contributed by atoms with van der Waals surface area (Å²) in [6.45, 7) is 2.75. The fourth-order valence-electron chi connectivity index (χ4n) is 1.17. The molecule has 1 amide bonds. The summed E-state index contributed by atoms with van der Waals surface area (Å²) in [6, 6.07) is 7.07. The number of carbonyl (C=O) groups excluding carboxylic acids is 1. The first-order chi connectivity index (χ1) is 7.67. The van der Waals surface area contributed by atoms with Crippen LogP contribution in [0.1, 0.15) is 17.3 Å². The molecule has 0 bridgehead atoms. The van der Waals surface area contributed by atoms with E-state index in [1.54, 1.807) is 31.4 Å². The second-order valence-corrected chi connectivity index (χ2v) is 4.35. The van der Waals surface area contributed by atoms with Gasteiger partial charge in [0.1, 0.15) is 5.75 Å². The lowest BCUT2D eigenvalue weighted by molar-refractivity contribution is 0.0949. The average Bonchev–Trinajstić information content (AvgIpc) is 2.35. The average molecular weight is 286 g/mol. The van der Waals surface area contributed by atoms with Crippen molar-refractivity contribution in [3.05, 3.63) is 29.8 Å². The highest BCUT2D eigenvalue weighted by atomic mass is 79.9. The number of rotatable bonds is 5. The van der Waals surface area contributed by atoms with E-state index < -0.39 is 0 Å². The molecule has 3 nitrogen and oxygen atoms in total. The maximum absolute atomic E-state index is 11.7. The van der Waals surface area contributed by atoms with Gasteiger partial charge in [0.25, 0.3) is 5.91 Å². The standard InChI is InChI=1S/C12H16BrNO2/c1-9(7-13)8-14-12(15)10-3-5-11(16-2)6-4-10/h3-6,9H,7-8H2,1-2H3,(H,14,15). The van der Waals surface area contributed by atoms with Crippen molar-refractivity contribution in [2.75, 3.05) is 19.0 Å². The Bertz CT molecular complexity index is 337. The van der Waals surface area contributed by atoms with Crippen molar-refractivity contribution in [3.63, 3.8) is 0 Å². The van der Waals surface area contributed by atoms with Crippen molar-refractivity contribution >= 4 is 21.8 Å². The Kier molecular flexibility index (Phi) is 5.32. The van der Waals surface area contributed by atoms with Gasteiger partial charge in [0, 0.05) is 17.4 Å². The highest BCUT2D eigenvalue weighted by Gasteiger charge is 2.06. The van der Waals surface area contributed by atoms with Crippen molar-refractivity contribution in [2.45, 2.75) is 6.92 Å². The summed E-state index contributed by atoms with van der Waals surface area (Å²) in [4.78, 5) is 11.7. The van der Waals surface area contributed by atoms with Crippen LogP contribution in [0.3, 0.4) is 0 Å². The molecule has 1 N–H and O–H groups in total. The van der Waals surface area contributed by atoms with Gasteiger partial charge in [-0.15, -0.1) is 0 Å². The van der Waals surface area contributed by atoms with Crippen molar-refractivity contribution in [3.8, 4) is 5.75 Å². The summed E-state index contributed by atoms with van der Waals surface area (Å²) < 4.78 is 5.03. The Labute approximate surface area is 104 Å². The van der Waals surface area contributed by atoms with Crippen LogP contribution in [0.4, 0.5) is 0 Å². The third-order valence-corrected chi connectivity index (χ3v) is 3.33. The minimum absolute atomic E-state index is 0.0459. The van der Waals surface area contributed by atoms with E-state index in [1.807, 2.05) is 0 Å². The number of alkyl halides is 1. The first-order valence-electron chi connectivity index (χ1n) is 5.15. The summed E-state index contributed by atoms with van der Waals surface area (Å²) in [7, 11) is 1.60. The lowest BCUT2D eigenvalue weighted by Crippen LogP contribution is -2.28. The normalized spacial score (nSPS) is 11.9. The Balaban J connectivity index is 2.52. The molecule has 0 aliphatic carbocycles. The van der Waals surface area contributed by atoms with Gasteiger partial charge in [0.15, 0.2) is 0 Å². The molecular formula is C12H16BrNO2. The predicted octanol–water partition coefficient (Wildman–Crippen LogP) is 2.46. The van der Waals surface area contributed by atoms with E-state index >= 15 is 0 Å². The van der Waals surface area contributed by atoms with Crippen molar-refractivity contribution in [2.24, 2.45) is 5.92 Å². The van der Waals surface area contributed by atoms with Crippen LogP contribution in [-0.4, -0.2) is 24.9 Å². The molecule has 0 aliphatic rings. The van der Waals surface area contributed by atoms with Gasteiger partial charge in [-0.2, -0.15) is 0 Å². The molecule has 1 aromatic rings. The largest absolute Gasteiger partial charge is 0.497 e. The lowest BCUT2D eigenvalue weighted by Gasteiger charge is -2.09. The molecule has 88 valence electrons. The van der Waals surface area contributed by atoms with E-state index in [0.29, 0.717) is 18.0 Å². The molecule has 0 aliphatic heterocycles. The van der Waals surface area contributed by atoms with Gasteiger partial charge in [0.2, 0.25) is 0 Å². The predicted molar refractivity (Wildman–Crippen MR) is 68.3 cm³/mol. The van der Waals surface area contributed by atoms with Crippen LogP contribution < -0.4 is 10.1 Å². The van der Waals surface area contributed by atoms with Crippen molar-refractivity contribution in [1.29, 1.82) is 0 Å². The number of nitrogens with one attached hydrogen (secondary N) is 1. The molecule has 0 spiro atoms. The second-order valence-electron chi connectivity index (χ2n) is 3.70. The number of hydrogen-bond donors (Lipinski definition) is 1. The van der Waals surface area contributed by atoms with E-state index in [2.05, 4.69) is 28.2 Å². The van der Waals surface area contributed by atoms with E-state index in [1.165, 1.54) is 0 Å². The molecule has 0 saturated carbocycles. The monoisotopic (exact) mass is 285 g/mol. The van der Waals surface area contributed by atoms with Gasteiger partial charge in [-0.25, -0.2) is 0 Å². The van der Waals surface area contributed by atoms with E-state index in [-0.39, 0.29) is 5.91 Å². The van der Waals surface area contributed by atoms with Crippen LogP contribution in [0.15, 0.2) is 24.3 Å². The molecule has 4 heteroatoms. The quantitative estimate of drug-likeness (QED) is 0.844. The third kappa shape index (κ3) is 3.85. The Morgan fingerprint density at radius 1 is 1.44 bits per heavy atom. The Hall–Kier alpha value is -1.03. The van der Waals surface area contributed by atoms with Gasteiger partial charge >= 0.3 is 0 Å². The molecule has 0 fully saturated rings. The van der Waals surface area contributed by atoms with Crippen molar-refractivity contribution in [1.82, 2.24) is 5.32 Å². The van der Waals surface area contributed by atoms with Crippen molar-refractivity contribution < 1.29 is 9.53 Å². The van der Waals surface area contributed by atoms with Gasteiger partial charge in [0.05, 0.1) is 7.11 Å². The van der Waals surface area contributed by atoms with Gasteiger partial charge in [-0.1, -0.05) is 22.9 Å². The number of methoxy groups -OCH3 is 1. The second kappa shape index (κ2) is 6.53. The van der Waals surface area contributed by atoms with Crippen LogP contribution in [0.5, 0.6) is 5.75 Å². The van der Waals surface area contributed by atoms with Crippen LogP contribution in [0.2, 0.25) is 0 Å². The number of carbonyl (C=O) groups is 1. The minimum Gasteiger partial charge on any atom is -0.497 e. The zero-order valence-corrected chi connectivity index (χ0v) is 11.1. The zero-order chi connectivity index (χ0) is 12.0. The van der Waals surface area contributed by atoms with Crippen LogP contribution in [0.25, 0.3) is 0 Å². The highest BCUT2D eigenvalue weighted by Crippen LogP contribution is 2.11. The highest BCUT2D eigenvalue weighted by molar-refractivity contribution is 9.09. The topological polar surface area (TPSA) is 38.3 Å². The molecule has 0 saturated heterocycles. The summed E-state index contributed by atoms with van der Waals surface area (Å²) in [5.41, 5.74) is 0.655. The number of amides is 1. The SMILES string of the molecule is COc1ccc(C(=O)NCC(C)CBr)cc1. The Morgan fingerprint density at radius 2 is 2.06 bits per heavy atom. The molecule has 1 atom stereocenters. The maximum Gasteiger partial charge on any atom is 0.251 e. The summed E-state index contributed by atoms with van der Waals surface area (Å²) >= 11 is 3.37. The first kappa shape index (κ1) is 13.0. The number of ether oxygens (including phenoxy) is 1. The number of hydrogen-bond acceptors (Lipinski definition) is 2. The number of benzene rings is 1. The molecule has 0 aromatic heterocycles. The molecule has 0 heterocycles.